The highest BCUT2D eigenvalue weighted by atomic mass is 32.2. The Morgan fingerprint density at radius 3 is 2.96 bits per heavy atom. The molecule has 5 nitrogen and oxygen atoms in total. The predicted octanol–water partition coefficient (Wildman–Crippen LogP) is 4.02. The first kappa shape index (κ1) is 18.3. The summed E-state index contributed by atoms with van der Waals surface area (Å²) in [6, 6.07) is 5.69. The zero-order valence-electron chi connectivity index (χ0n) is 13.7. The fourth-order valence-electron chi connectivity index (χ4n) is 2.52. The molecule has 8 heteroatoms. The second kappa shape index (κ2) is 9.26. The number of hydrogen-bond acceptors (Lipinski definition) is 7. The fraction of sp³-hybridized carbons (Fsp3) is 0.471. The Morgan fingerprint density at radius 2 is 2.20 bits per heavy atom. The average molecular weight is 381 g/mol. The first-order valence-corrected chi connectivity index (χ1v) is 10.1. The topological polar surface area (TPSA) is 64.1 Å². The van der Waals surface area contributed by atoms with Crippen LogP contribution >= 0.6 is 23.1 Å². The lowest BCUT2D eigenvalue weighted by Gasteiger charge is -2.08. The molecule has 1 atom stereocenters. The zero-order chi connectivity index (χ0) is 17.5. The average Bonchev–Trinajstić information content (AvgIpc) is 3.29. The lowest BCUT2D eigenvalue weighted by atomic mass is 10.1. The van der Waals surface area contributed by atoms with Crippen LogP contribution in [0.1, 0.15) is 36.0 Å². The molecule has 0 spiro atoms. The molecule has 3 rings (SSSR count). The molecular formula is C17H20FN3O2S2. The van der Waals surface area contributed by atoms with Crippen molar-refractivity contribution in [1.29, 1.82) is 0 Å². The van der Waals surface area contributed by atoms with Gasteiger partial charge in [-0.25, -0.2) is 4.39 Å². The van der Waals surface area contributed by atoms with E-state index < -0.39 is 0 Å². The molecule has 1 aliphatic rings. The van der Waals surface area contributed by atoms with Crippen molar-refractivity contribution in [3.05, 3.63) is 35.6 Å². The number of halogens is 1. The number of Topliss-reactive ketones (excluding diaryl/α,β-unsaturated/α-hetero) is 1. The maximum absolute atomic E-state index is 12.9. The number of aromatic nitrogens is 2. The highest BCUT2D eigenvalue weighted by molar-refractivity contribution is 8.01. The largest absolute Gasteiger partial charge is 0.376 e. The molecule has 0 bridgehead atoms. The van der Waals surface area contributed by atoms with Crippen LogP contribution in [0.2, 0.25) is 0 Å². The molecule has 1 fully saturated rings. The summed E-state index contributed by atoms with van der Waals surface area (Å²) in [4.78, 5) is 12.0. The molecular weight excluding hydrogens is 361 g/mol. The first-order chi connectivity index (χ1) is 12.2. The molecule has 0 radical (unpaired) electrons. The molecule has 25 heavy (non-hydrogen) atoms. The van der Waals surface area contributed by atoms with Crippen LogP contribution in [0.4, 0.5) is 9.52 Å². The number of benzene rings is 1. The molecule has 2 heterocycles. The SMILES string of the molecule is O=C(CCCSc1nnc(NCC2CCCO2)s1)c1ccc(F)cc1. The van der Waals surface area contributed by atoms with Gasteiger partial charge >= 0.3 is 0 Å². The number of ketones is 1. The van der Waals surface area contributed by atoms with Crippen molar-refractivity contribution < 1.29 is 13.9 Å². The Kier molecular flexibility index (Phi) is 6.77. The molecule has 0 saturated carbocycles. The third kappa shape index (κ3) is 5.76. The monoisotopic (exact) mass is 381 g/mol. The molecule has 134 valence electrons. The summed E-state index contributed by atoms with van der Waals surface area (Å²) in [7, 11) is 0. The maximum atomic E-state index is 12.9. The van der Waals surface area contributed by atoms with Gasteiger partial charge in [0.05, 0.1) is 6.10 Å². The maximum Gasteiger partial charge on any atom is 0.206 e. The van der Waals surface area contributed by atoms with Gasteiger partial charge in [-0.1, -0.05) is 23.1 Å². The minimum absolute atomic E-state index is 0.0387. The summed E-state index contributed by atoms with van der Waals surface area (Å²) in [5, 5.41) is 12.3. The van der Waals surface area contributed by atoms with Gasteiger partial charge in [-0.3, -0.25) is 4.79 Å². The minimum atomic E-state index is -0.327. The van der Waals surface area contributed by atoms with Gasteiger partial charge in [0, 0.05) is 30.9 Å². The number of carbonyl (C=O) groups is 1. The highest BCUT2D eigenvalue weighted by Gasteiger charge is 2.16. The molecule has 2 aromatic rings. The molecule has 1 saturated heterocycles. The van der Waals surface area contributed by atoms with E-state index >= 15 is 0 Å². The van der Waals surface area contributed by atoms with Gasteiger partial charge in [0.1, 0.15) is 5.82 Å². The van der Waals surface area contributed by atoms with Crippen molar-refractivity contribution in [3.63, 3.8) is 0 Å². The number of nitrogens with zero attached hydrogens (tertiary/aromatic N) is 2. The van der Waals surface area contributed by atoms with Gasteiger partial charge in [0.25, 0.3) is 0 Å². The summed E-state index contributed by atoms with van der Waals surface area (Å²) >= 11 is 3.12. The first-order valence-electron chi connectivity index (χ1n) is 8.31. The van der Waals surface area contributed by atoms with E-state index in [9.17, 15) is 9.18 Å². The van der Waals surface area contributed by atoms with E-state index in [1.807, 2.05) is 0 Å². The van der Waals surface area contributed by atoms with Crippen molar-refractivity contribution >= 4 is 34.0 Å². The quantitative estimate of drug-likeness (QED) is 0.402. The minimum Gasteiger partial charge on any atom is -0.376 e. The van der Waals surface area contributed by atoms with Crippen molar-refractivity contribution in [2.24, 2.45) is 0 Å². The number of thioether (sulfide) groups is 1. The number of hydrogen-bond donors (Lipinski definition) is 1. The van der Waals surface area contributed by atoms with E-state index in [2.05, 4.69) is 15.5 Å². The Labute approximate surface area is 154 Å². The number of anilines is 1. The van der Waals surface area contributed by atoms with Crippen LogP contribution in [-0.2, 0) is 4.74 Å². The Morgan fingerprint density at radius 1 is 1.36 bits per heavy atom. The lowest BCUT2D eigenvalue weighted by molar-refractivity contribution is 0.0982. The molecule has 1 aliphatic heterocycles. The van der Waals surface area contributed by atoms with E-state index in [-0.39, 0.29) is 17.7 Å². The number of ether oxygens (including phenoxy) is 1. The van der Waals surface area contributed by atoms with Gasteiger partial charge in [-0.05, 0) is 43.5 Å². The van der Waals surface area contributed by atoms with Gasteiger partial charge in [0.2, 0.25) is 5.13 Å². The summed E-state index contributed by atoms with van der Waals surface area (Å²) in [6.45, 7) is 1.62. The third-order valence-corrected chi connectivity index (χ3v) is 5.95. The Bertz CT molecular complexity index is 687. The molecule has 0 aliphatic carbocycles. The number of nitrogens with one attached hydrogen (secondary N) is 1. The summed E-state index contributed by atoms with van der Waals surface area (Å²) in [5.41, 5.74) is 0.558. The van der Waals surface area contributed by atoms with E-state index in [1.165, 1.54) is 35.6 Å². The van der Waals surface area contributed by atoms with Gasteiger partial charge in [-0.15, -0.1) is 10.2 Å². The molecule has 1 unspecified atom stereocenters. The number of carbonyl (C=O) groups excluding carboxylic acids is 1. The molecule has 0 amide bonds. The van der Waals surface area contributed by atoms with E-state index in [0.717, 1.165) is 47.6 Å². The van der Waals surface area contributed by atoms with Crippen LogP contribution in [0.15, 0.2) is 28.6 Å². The van der Waals surface area contributed by atoms with Gasteiger partial charge in [-0.2, -0.15) is 0 Å². The van der Waals surface area contributed by atoms with Crippen molar-refractivity contribution in [3.8, 4) is 0 Å². The van der Waals surface area contributed by atoms with Crippen molar-refractivity contribution in [2.45, 2.75) is 36.1 Å². The predicted molar refractivity (Wildman–Crippen MR) is 98.1 cm³/mol. The van der Waals surface area contributed by atoms with Crippen LogP contribution in [0.25, 0.3) is 0 Å². The van der Waals surface area contributed by atoms with Crippen molar-refractivity contribution in [2.75, 3.05) is 24.2 Å². The van der Waals surface area contributed by atoms with Crippen LogP contribution in [0, 0.1) is 5.82 Å². The van der Waals surface area contributed by atoms with Gasteiger partial charge in [0.15, 0.2) is 10.1 Å². The smallest absolute Gasteiger partial charge is 0.206 e. The van der Waals surface area contributed by atoms with Crippen LogP contribution in [-0.4, -0.2) is 41.0 Å². The second-order valence-corrected chi connectivity index (χ2v) is 8.09. The second-order valence-electron chi connectivity index (χ2n) is 5.77. The van der Waals surface area contributed by atoms with Crippen molar-refractivity contribution in [1.82, 2.24) is 10.2 Å². The lowest BCUT2D eigenvalue weighted by Crippen LogP contribution is -2.18. The molecule has 1 aromatic heterocycles. The normalized spacial score (nSPS) is 16.9. The fourth-order valence-corrected chi connectivity index (χ4v) is 4.29. The summed E-state index contributed by atoms with van der Waals surface area (Å²) in [6.07, 6.45) is 3.69. The van der Waals surface area contributed by atoms with Crippen LogP contribution in [0.3, 0.4) is 0 Å². The van der Waals surface area contributed by atoms with E-state index in [4.69, 9.17) is 4.74 Å². The Balaban J connectivity index is 1.34. The van der Waals surface area contributed by atoms with Crippen LogP contribution in [0.5, 0.6) is 0 Å². The molecule has 1 aromatic carbocycles. The van der Waals surface area contributed by atoms with E-state index in [0.29, 0.717) is 12.0 Å². The number of rotatable bonds is 9. The van der Waals surface area contributed by atoms with Crippen LogP contribution < -0.4 is 5.32 Å². The standard InChI is InChI=1S/C17H20FN3O2S2/c18-13-7-5-12(6-8-13)15(22)4-2-10-24-17-21-20-16(25-17)19-11-14-3-1-9-23-14/h5-8,14H,1-4,9-11H2,(H,19,20). The summed E-state index contributed by atoms with van der Waals surface area (Å²) < 4.78 is 19.3. The molecule has 1 N–H and O–H groups in total. The van der Waals surface area contributed by atoms with Gasteiger partial charge < -0.3 is 10.1 Å². The highest BCUT2D eigenvalue weighted by Crippen LogP contribution is 2.26. The summed E-state index contributed by atoms with van der Waals surface area (Å²) in [5.74, 6) is 0.511. The Hall–Kier alpha value is -1.51. The zero-order valence-corrected chi connectivity index (χ0v) is 15.4. The third-order valence-electron chi connectivity index (χ3n) is 3.85. The van der Waals surface area contributed by atoms with E-state index in [1.54, 1.807) is 11.8 Å².